The van der Waals surface area contributed by atoms with Gasteiger partial charge < -0.3 is 4.74 Å². The van der Waals surface area contributed by atoms with Gasteiger partial charge in [0.05, 0.1) is 0 Å². The largest absolute Gasteiger partial charge is 0.457 e. The molecule has 0 aliphatic heterocycles. The van der Waals surface area contributed by atoms with E-state index >= 15 is 0 Å². The summed E-state index contributed by atoms with van der Waals surface area (Å²) in [6.45, 7) is 0. The lowest BCUT2D eigenvalue weighted by Gasteiger charge is -2.10. The summed E-state index contributed by atoms with van der Waals surface area (Å²) in [5.74, 6) is 1.87. The molecule has 2 aromatic rings. The van der Waals surface area contributed by atoms with Crippen LogP contribution in [0.2, 0.25) is 0 Å². The molecule has 0 spiro atoms. The lowest BCUT2D eigenvalue weighted by atomic mass is 10.1. The van der Waals surface area contributed by atoms with Gasteiger partial charge in [-0.25, -0.2) is 4.39 Å². The van der Waals surface area contributed by atoms with E-state index in [1.165, 1.54) is 30.5 Å². The molecule has 1 fully saturated rings. The molecule has 0 aromatic heterocycles. The Labute approximate surface area is 99.9 Å². The van der Waals surface area contributed by atoms with Gasteiger partial charge in [0.15, 0.2) is 0 Å². The van der Waals surface area contributed by atoms with Crippen LogP contribution in [0.25, 0.3) is 0 Å². The molecule has 17 heavy (non-hydrogen) atoms. The Hall–Kier alpha value is -1.83. The fourth-order valence-corrected chi connectivity index (χ4v) is 1.88. The first-order valence-corrected chi connectivity index (χ1v) is 5.76. The van der Waals surface area contributed by atoms with E-state index in [2.05, 4.69) is 12.1 Å². The molecule has 0 amide bonds. The third-order valence-corrected chi connectivity index (χ3v) is 2.92. The summed E-state index contributed by atoms with van der Waals surface area (Å²) in [6.07, 6.45) is 2.45. The second-order valence-electron chi connectivity index (χ2n) is 4.29. The first kappa shape index (κ1) is 10.3. The second kappa shape index (κ2) is 4.21. The minimum Gasteiger partial charge on any atom is -0.457 e. The average molecular weight is 227 g/mol. The highest BCUT2D eigenvalue weighted by molar-refractivity contribution is 5.41. The van der Waals surface area contributed by atoms with E-state index in [0.29, 0.717) is 11.7 Å². The van der Waals surface area contributed by atoms with Gasteiger partial charge >= 0.3 is 0 Å². The molecule has 2 heteroatoms. The average Bonchev–Trinajstić information content (AvgIpc) is 3.17. The zero-order chi connectivity index (χ0) is 11.7. The SMILES string of the molecule is Fc1ccc(Oc2c[c]ccc2C2CC2)cc1. The molecule has 0 heterocycles. The Kier molecular flexibility index (Phi) is 2.56. The van der Waals surface area contributed by atoms with Crippen molar-refractivity contribution in [1.29, 1.82) is 0 Å². The smallest absolute Gasteiger partial charge is 0.131 e. The fourth-order valence-electron chi connectivity index (χ4n) is 1.88. The van der Waals surface area contributed by atoms with Crippen LogP contribution >= 0.6 is 0 Å². The minimum atomic E-state index is -0.251. The van der Waals surface area contributed by atoms with Gasteiger partial charge in [-0.3, -0.25) is 0 Å². The molecule has 0 unspecified atom stereocenters. The third kappa shape index (κ3) is 2.31. The highest BCUT2D eigenvalue weighted by atomic mass is 19.1. The number of hydrogen-bond acceptors (Lipinski definition) is 1. The highest BCUT2D eigenvalue weighted by Crippen LogP contribution is 2.44. The van der Waals surface area contributed by atoms with Crippen molar-refractivity contribution in [3.8, 4) is 11.5 Å². The lowest BCUT2D eigenvalue weighted by Crippen LogP contribution is -1.90. The van der Waals surface area contributed by atoms with Gasteiger partial charge in [0.25, 0.3) is 0 Å². The van der Waals surface area contributed by atoms with E-state index < -0.39 is 0 Å². The number of hydrogen-bond donors (Lipinski definition) is 0. The van der Waals surface area contributed by atoms with Crippen LogP contribution in [0.1, 0.15) is 24.3 Å². The molecule has 85 valence electrons. The first-order chi connectivity index (χ1) is 8.33. The summed E-state index contributed by atoms with van der Waals surface area (Å²) in [5, 5.41) is 0. The topological polar surface area (TPSA) is 9.23 Å². The zero-order valence-corrected chi connectivity index (χ0v) is 9.32. The maximum absolute atomic E-state index is 12.8. The molecular weight excluding hydrogens is 215 g/mol. The van der Waals surface area contributed by atoms with Crippen molar-refractivity contribution in [2.75, 3.05) is 0 Å². The Bertz CT molecular complexity index is 515. The normalized spacial score (nSPS) is 14.6. The van der Waals surface area contributed by atoms with E-state index in [9.17, 15) is 4.39 Å². The van der Waals surface area contributed by atoms with Crippen molar-refractivity contribution in [2.45, 2.75) is 18.8 Å². The molecule has 1 saturated carbocycles. The van der Waals surface area contributed by atoms with Crippen LogP contribution in [0.5, 0.6) is 11.5 Å². The van der Waals surface area contributed by atoms with Crippen LogP contribution in [0.15, 0.2) is 42.5 Å². The summed E-state index contributed by atoms with van der Waals surface area (Å²) in [4.78, 5) is 0. The van der Waals surface area contributed by atoms with Crippen molar-refractivity contribution >= 4 is 0 Å². The Morgan fingerprint density at radius 3 is 2.59 bits per heavy atom. The lowest BCUT2D eigenvalue weighted by molar-refractivity contribution is 0.474. The van der Waals surface area contributed by atoms with Gasteiger partial charge in [0, 0.05) is 0 Å². The van der Waals surface area contributed by atoms with Crippen LogP contribution < -0.4 is 4.74 Å². The van der Waals surface area contributed by atoms with Crippen LogP contribution in [0.3, 0.4) is 0 Å². The van der Waals surface area contributed by atoms with Gasteiger partial charge in [-0.2, -0.15) is 0 Å². The third-order valence-electron chi connectivity index (χ3n) is 2.92. The van der Waals surface area contributed by atoms with Crippen molar-refractivity contribution < 1.29 is 9.13 Å². The second-order valence-corrected chi connectivity index (χ2v) is 4.29. The van der Waals surface area contributed by atoms with E-state index in [4.69, 9.17) is 4.74 Å². The maximum atomic E-state index is 12.8. The monoisotopic (exact) mass is 227 g/mol. The van der Waals surface area contributed by atoms with Crippen LogP contribution in [0.4, 0.5) is 4.39 Å². The molecule has 0 N–H and O–H groups in total. The number of halogens is 1. The molecule has 1 aliphatic carbocycles. The van der Waals surface area contributed by atoms with Crippen LogP contribution in [-0.2, 0) is 0 Å². The molecule has 0 bridgehead atoms. The molecule has 1 nitrogen and oxygen atoms in total. The van der Waals surface area contributed by atoms with Crippen molar-refractivity contribution in [3.05, 3.63) is 59.9 Å². The molecule has 2 aromatic carbocycles. The zero-order valence-electron chi connectivity index (χ0n) is 9.32. The summed E-state index contributed by atoms with van der Waals surface area (Å²) >= 11 is 0. The molecule has 0 saturated heterocycles. The first-order valence-electron chi connectivity index (χ1n) is 5.76. The van der Waals surface area contributed by atoms with Crippen LogP contribution in [-0.4, -0.2) is 0 Å². The minimum absolute atomic E-state index is 0.251. The van der Waals surface area contributed by atoms with Crippen molar-refractivity contribution in [1.82, 2.24) is 0 Å². The molecule has 1 aliphatic rings. The number of rotatable bonds is 3. The molecule has 3 rings (SSSR count). The highest BCUT2D eigenvalue weighted by Gasteiger charge is 2.26. The Balaban J connectivity index is 1.87. The predicted molar refractivity (Wildman–Crippen MR) is 63.7 cm³/mol. The molecular formula is C15H12FO. The molecule has 1 radical (unpaired) electrons. The number of ether oxygens (including phenoxy) is 1. The van der Waals surface area contributed by atoms with Crippen molar-refractivity contribution in [3.63, 3.8) is 0 Å². The van der Waals surface area contributed by atoms with E-state index in [-0.39, 0.29) is 5.82 Å². The maximum Gasteiger partial charge on any atom is 0.131 e. The molecule has 0 atom stereocenters. The van der Waals surface area contributed by atoms with Crippen LogP contribution in [0, 0.1) is 11.9 Å². The van der Waals surface area contributed by atoms with Gasteiger partial charge in [-0.05, 0) is 60.7 Å². The summed E-state index contributed by atoms with van der Waals surface area (Å²) in [7, 11) is 0. The Morgan fingerprint density at radius 2 is 1.88 bits per heavy atom. The van der Waals surface area contributed by atoms with Gasteiger partial charge in [-0.1, -0.05) is 12.1 Å². The number of benzene rings is 2. The standard InChI is InChI=1S/C15H12FO/c16-12-7-9-13(10-8-12)17-15-4-2-1-3-14(15)11-5-6-11/h1,3-4,7-11H,5-6H2. The summed E-state index contributed by atoms with van der Waals surface area (Å²) in [6, 6.07) is 14.9. The van der Waals surface area contributed by atoms with E-state index in [1.54, 1.807) is 12.1 Å². The van der Waals surface area contributed by atoms with Gasteiger partial charge in [0.1, 0.15) is 17.3 Å². The van der Waals surface area contributed by atoms with Crippen molar-refractivity contribution in [2.24, 2.45) is 0 Å². The van der Waals surface area contributed by atoms with Gasteiger partial charge in [0.2, 0.25) is 0 Å². The van der Waals surface area contributed by atoms with Gasteiger partial charge in [-0.15, -0.1) is 0 Å². The Morgan fingerprint density at radius 1 is 1.12 bits per heavy atom. The quantitative estimate of drug-likeness (QED) is 0.759. The van der Waals surface area contributed by atoms with E-state index in [1.807, 2.05) is 12.1 Å². The summed E-state index contributed by atoms with van der Waals surface area (Å²) in [5.41, 5.74) is 1.23. The van der Waals surface area contributed by atoms with E-state index in [0.717, 1.165) is 5.75 Å². The summed E-state index contributed by atoms with van der Waals surface area (Å²) < 4.78 is 18.5. The fraction of sp³-hybridized carbons (Fsp3) is 0.200. The predicted octanol–water partition coefficient (Wildman–Crippen LogP) is 4.30.